The Balaban J connectivity index is 1.45. The number of sulfonamides is 1. The highest BCUT2D eigenvalue weighted by atomic mass is 32.2. The molecule has 0 fully saturated rings. The van der Waals surface area contributed by atoms with Crippen LogP contribution in [0.1, 0.15) is 56.3 Å². The van der Waals surface area contributed by atoms with E-state index in [2.05, 4.69) is 15.6 Å². The summed E-state index contributed by atoms with van der Waals surface area (Å²) in [5.41, 5.74) is 7.39. The molecule has 0 saturated heterocycles. The molecular formula is C33H45N7O7S. The number of carbonyl (C=O) groups is 3. The standard InChI is InChI=1S/C33H45N7O7S/c1-22-17-40(23(2)20-41)33(44)24-11-10-14-27(32(24)47-28(22)18-39(4)48(45,46)31-19-38(3)21-35-31)37-30(43)16-7-5-6-15-29(42)36-26-13-9-8-12-25(26)34/h8-14,19,21-23,28,41H,5-7,15-18,20,34H2,1-4H3,(H,36,42)(H,37,43)/t22-,23+,28+/m1/s1. The van der Waals surface area contributed by atoms with Gasteiger partial charge in [-0.15, -0.1) is 0 Å². The van der Waals surface area contributed by atoms with Crippen LogP contribution in [0, 0.1) is 5.92 Å². The van der Waals surface area contributed by atoms with Gasteiger partial charge < -0.3 is 35.7 Å². The summed E-state index contributed by atoms with van der Waals surface area (Å²) in [5.74, 6) is -1.07. The number of aliphatic hydroxyl groups excluding tert-OH is 1. The van der Waals surface area contributed by atoms with Crippen LogP contribution in [0.5, 0.6) is 5.75 Å². The van der Waals surface area contributed by atoms with E-state index in [1.165, 1.54) is 19.6 Å². The van der Waals surface area contributed by atoms with Gasteiger partial charge in [-0.1, -0.05) is 31.5 Å². The number of fused-ring (bicyclic) bond motifs is 1. The molecule has 15 heteroatoms. The number of aliphatic hydroxyl groups is 1. The van der Waals surface area contributed by atoms with Gasteiger partial charge in [0.15, 0.2) is 10.8 Å². The number of benzene rings is 2. The van der Waals surface area contributed by atoms with E-state index < -0.39 is 22.2 Å². The summed E-state index contributed by atoms with van der Waals surface area (Å²) in [5, 5.41) is 15.5. The number of amides is 3. The second kappa shape index (κ2) is 16.1. The quantitative estimate of drug-likeness (QED) is 0.146. The number of rotatable bonds is 14. The molecule has 2 aromatic carbocycles. The third-order valence-electron chi connectivity index (χ3n) is 8.30. The number of hydrogen-bond acceptors (Lipinski definition) is 9. The number of imidazole rings is 1. The van der Waals surface area contributed by atoms with Crippen molar-refractivity contribution >= 4 is 44.8 Å². The Hall–Kier alpha value is -4.47. The monoisotopic (exact) mass is 683 g/mol. The number of unbranched alkanes of at least 4 members (excludes halogenated alkanes) is 2. The van der Waals surface area contributed by atoms with E-state index >= 15 is 0 Å². The number of carbonyl (C=O) groups excluding carboxylic acids is 3. The van der Waals surface area contributed by atoms with Crippen LogP contribution in [-0.2, 0) is 26.7 Å². The molecule has 14 nitrogen and oxygen atoms in total. The third-order valence-corrected chi connectivity index (χ3v) is 10.0. The van der Waals surface area contributed by atoms with Crippen molar-refractivity contribution in [1.82, 2.24) is 18.8 Å². The zero-order valence-corrected chi connectivity index (χ0v) is 28.6. The lowest BCUT2D eigenvalue weighted by atomic mass is 9.99. The van der Waals surface area contributed by atoms with Crippen LogP contribution in [0.15, 0.2) is 60.0 Å². The van der Waals surface area contributed by atoms with E-state index in [9.17, 15) is 27.9 Å². The highest BCUT2D eigenvalue weighted by Crippen LogP contribution is 2.35. The molecule has 0 bridgehead atoms. The van der Waals surface area contributed by atoms with Gasteiger partial charge in [-0.25, -0.2) is 13.4 Å². The molecule has 3 amide bonds. The lowest BCUT2D eigenvalue weighted by Gasteiger charge is -2.38. The molecule has 2 heterocycles. The molecule has 48 heavy (non-hydrogen) atoms. The highest BCUT2D eigenvalue weighted by Gasteiger charge is 2.36. The lowest BCUT2D eigenvalue weighted by Crippen LogP contribution is -2.50. The van der Waals surface area contributed by atoms with E-state index in [-0.39, 0.29) is 78.2 Å². The average molecular weight is 684 g/mol. The van der Waals surface area contributed by atoms with Gasteiger partial charge in [-0.2, -0.15) is 4.31 Å². The number of nitrogens with one attached hydrogen (secondary N) is 2. The van der Waals surface area contributed by atoms with Crippen LogP contribution in [0.2, 0.25) is 0 Å². The maximum atomic E-state index is 13.7. The van der Waals surface area contributed by atoms with Gasteiger partial charge in [-0.05, 0) is 44.0 Å². The van der Waals surface area contributed by atoms with E-state index in [0.29, 0.717) is 30.6 Å². The van der Waals surface area contributed by atoms with Crippen molar-refractivity contribution in [2.45, 2.75) is 63.1 Å². The minimum Gasteiger partial charge on any atom is -0.486 e. The van der Waals surface area contributed by atoms with E-state index in [1.807, 2.05) is 6.92 Å². The molecule has 0 saturated carbocycles. The SMILES string of the molecule is C[C@@H]1CN([C@@H](C)CO)C(=O)c2cccc(NC(=O)CCCCCC(=O)Nc3ccccc3N)c2O[C@H]1CN(C)S(=O)(=O)c1cn(C)cn1. The van der Waals surface area contributed by atoms with Crippen molar-refractivity contribution in [2.24, 2.45) is 13.0 Å². The Labute approximate surface area is 281 Å². The fourth-order valence-electron chi connectivity index (χ4n) is 5.38. The minimum atomic E-state index is -3.95. The number of hydrogen-bond donors (Lipinski definition) is 4. The minimum absolute atomic E-state index is 0.0677. The summed E-state index contributed by atoms with van der Waals surface area (Å²) in [7, 11) is -0.838. The van der Waals surface area contributed by atoms with E-state index in [0.717, 1.165) is 4.31 Å². The Morgan fingerprint density at radius 3 is 2.35 bits per heavy atom. The molecule has 260 valence electrons. The Bertz CT molecular complexity index is 1710. The summed E-state index contributed by atoms with van der Waals surface area (Å²) in [6, 6.07) is 11.3. The van der Waals surface area contributed by atoms with Crippen LogP contribution >= 0.6 is 0 Å². The summed E-state index contributed by atoms with van der Waals surface area (Å²) in [6.07, 6.45) is 4.28. The van der Waals surface area contributed by atoms with Crippen molar-refractivity contribution in [3.63, 3.8) is 0 Å². The van der Waals surface area contributed by atoms with Gasteiger partial charge in [0.1, 0.15) is 6.10 Å². The first-order chi connectivity index (χ1) is 22.8. The smallest absolute Gasteiger partial charge is 0.261 e. The van der Waals surface area contributed by atoms with Gasteiger partial charge in [0.05, 0.1) is 48.1 Å². The van der Waals surface area contributed by atoms with Crippen molar-refractivity contribution in [3.8, 4) is 5.75 Å². The van der Waals surface area contributed by atoms with E-state index in [4.69, 9.17) is 10.5 Å². The number of ether oxygens (including phenoxy) is 1. The normalized spacial score (nSPS) is 17.2. The van der Waals surface area contributed by atoms with Crippen LogP contribution in [-0.4, -0.2) is 88.9 Å². The molecule has 3 atom stereocenters. The number of nitrogens with two attached hydrogens (primary N) is 1. The van der Waals surface area contributed by atoms with Crippen LogP contribution in [0.25, 0.3) is 0 Å². The molecule has 1 aliphatic heterocycles. The van der Waals surface area contributed by atoms with Crippen LogP contribution in [0.3, 0.4) is 0 Å². The summed E-state index contributed by atoms with van der Waals surface area (Å²) in [6.45, 7) is 3.44. The molecule has 3 aromatic rings. The van der Waals surface area contributed by atoms with Crippen molar-refractivity contribution in [2.75, 3.05) is 43.1 Å². The fourth-order valence-corrected chi connectivity index (χ4v) is 6.52. The number of para-hydroxylation sites is 3. The first-order valence-corrected chi connectivity index (χ1v) is 17.4. The number of aromatic nitrogens is 2. The first-order valence-electron chi connectivity index (χ1n) is 15.9. The van der Waals surface area contributed by atoms with E-state index in [1.54, 1.807) is 65.9 Å². The zero-order chi connectivity index (χ0) is 35.0. The van der Waals surface area contributed by atoms with Crippen LogP contribution < -0.4 is 21.1 Å². The van der Waals surface area contributed by atoms with Gasteiger partial charge in [0.2, 0.25) is 11.8 Å². The number of aryl methyl sites for hydroxylation is 1. The second-order valence-corrected chi connectivity index (χ2v) is 14.2. The molecule has 0 unspecified atom stereocenters. The Morgan fingerprint density at radius 2 is 1.73 bits per heavy atom. The number of nitrogen functional groups attached to an aromatic ring is 1. The molecule has 1 aromatic heterocycles. The Morgan fingerprint density at radius 1 is 1.08 bits per heavy atom. The van der Waals surface area contributed by atoms with Gasteiger partial charge in [0, 0.05) is 45.6 Å². The average Bonchev–Trinajstić information content (AvgIpc) is 3.50. The summed E-state index contributed by atoms with van der Waals surface area (Å²) >= 11 is 0. The maximum Gasteiger partial charge on any atom is 0.261 e. The first kappa shape index (κ1) is 36.4. The lowest BCUT2D eigenvalue weighted by molar-refractivity contribution is -0.116. The van der Waals surface area contributed by atoms with Crippen molar-refractivity contribution < 1.29 is 32.6 Å². The van der Waals surface area contributed by atoms with Crippen molar-refractivity contribution in [1.29, 1.82) is 0 Å². The second-order valence-electron chi connectivity index (χ2n) is 12.2. The largest absolute Gasteiger partial charge is 0.486 e. The third kappa shape index (κ3) is 8.90. The fraction of sp³-hybridized carbons (Fsp3) is 0.455. The maximum absolute atomic E-state index is 13.7. The molecule has 0 aliphatic carbocycles. The van der Waals surface area contributed by atoms with Crippen molar-refractivity contribution in [3.05, 3.63) is 60.6 Å². The molecular weight excluding hydrogens is 638 g/mol. The molecule has 0 radical (unpaired) electrons. The summed E-state index contributed by atoms with van der Waals surface area (Å²) < 4.78 is 35.7. The van der Waals surface area contributed by atoms with Gasteiger partial charge in [0.25, 0.3) is 15.9 Å². The molecule has 4 rings (SSSR count). The van der Waals surface area contributed by atoms with Crippen LogP contribution in [0.4, 0.5) is 17.1 Å². The summed E-state index contributed by atoms with van der Waals surface area (Å²) in [4.78, 5) is 44.6. The predicted octanol–water partition coefficient (Wildman–Crippen LogP) is 3.07. The van der Waals surface area contributed by atoms with Gasteiger partial charge >= 0.3 is 0 Å². The number of anilines is 3. The Kier molecular flexibility index (Phi) is 12.2. The zero-order valence-electron chi connectivity index (χ0n) is 27.8. The van der Waals surface area contributed by atoms with Gasteiger partial charge in [-0.3, -0.25) is 14.4 Å². The number of likely N-dealkylation sites (N-methyl/N-ethyl adjacent to an activating group) is 1. The molecule has 5 N–H and O–H groups in total. The topological polar surface area (TPSA) is 189 Å². The molecule has 1 aliphatic rings. The predicted molar refractivity (Wildman–Crippen MR) is 182 cm³/mol. The number of nitrogens with zero attached hydrogens (tertiary/aromatic N) is 4. The molecule has 0 spiro atoms. The highest BCUT2D eigenvalue weighted by molar-refractivity contribution is 7.89.